The summed E-state index contributed by atoms with van der Waals surface area (Å²) in [5.41, 5.74) is 1.48. The first-order valence-corrected chi connectivity index (χ1v) is 2.58. The average molecular weight is 142 g/mol. The van der Waals surface area contributed by atoms with Crippen LogP contribution in [0.3, 0.4) is 0 Å². The molecule has 10 heavy (non-hydrogen) atoms. The van der Waals surface area contributed by atoms with Crippen LogP contribution in [-0.4, -0.2) is 25.9 Å². The van der Waals surface area contributed by atoms with Crippen molar-refractivity contribution in [2.45, 2.75) is 6.54 Å². The van der Waals surface area contributed by atoms with Crippen LogP contribution >= 0.6 is 0 Å². The molecule has 6 heteroatoms. The number of hydrogen-bond acceptors (Lipinski definition) is 4. The highest BCUT2D eigenvalue weighted by molar-refractivity contribution is 5.74. The summed E-state index contributed by atoms with van der Waals surface area (Å²) >= 11 is 0. The first-order chi connectivity index (χ1) is 4.83. The smallest absolute Gasteiger partial charge is 0.265 e. The quantitative estimate of drug-likeness (QED) is 0.401. The number of carbonyl (C=O) groups is 1. The van der Waals surface area contributed by atoms with E-state index in [0.717, 1.165) is 0 Å². The van der Waals surface area contributed by atoms with Gasteiger partial charge in [0.15, 0.2) is 0 Å². The maximum Gasteiger partial charge on any atom is 0.265 e. The van der Waals surface area contributed by atoms with E-state index >= 15 is 0 Å². The van der Waals surface area contributed by atoms with Gasteiger partial charge in [-0.25, -0.2) is 15.1 Å². The van der Waals surface area contributed by atoms with Crippen molar-refractivity contribution < 1.29 is 10.0 Å². The Balaban J connectivity index is 2.48. The maximum absolute atomic E-state index is 10.4. The highest BCUT2D eigenvalue weighted by atomic mass is 16.5. The molecule has 0 fully saturated rings. The summed E-state index contributed by atoms with van der Waals surface area (Å²) in [7, 11) is 0. The minimum atomic E-state index is -0.523. The molecule has 0 spiro atoms. The zero-order valence-corrected chi connectivity index (χ0v) is 5.06. The molecule has 0 atom stereocenters. The molecule has 1 heterocycles. The van der Waals surface area contributed by atoms with E-state index in [-0.39, 0.29) is 6.54 Å². The van der Waals surface area contributed by atoms with Crippen molar-refractivity contribution in [3.63, 3.8) is 0 Å². The molecular weight excluding hydrogens is 136 g/mol. The predicted molar refractivity (Wildman–Crippen MR) is 30.0 cm³/mol. The predicted octanol–water partition coefficient (Wildman–Crippen LogP) is -1.22. The van der Waals surface area contributed by atoms with Gasteiger partial charge in [-0.3, -0.25) is 10.0 Å². The van der Waals surface area contributed by atoms with E-state index in [0.29, 0.717) is 0 Å². The molecule has 0 radical (unpaired) electrons. The van der Waals surface area contributed by atoms with Gasteiger partial charge in [-0.1, -0.05) is 0 Å². The minimum Gasteiger partial charge on any atom is -0.289 e. The van der Waals surface area contributed by atoms with E-state index in [2.05, 4.69) is 10.1 Å². The number of hydroxylamine groups is 1. The lowest BCUT2D eigenvalue weighted by Gasteiger charge is -1.95. The SMILES string of the molecule is O=C(Cn1cncn1)NO. The largest absolute Gasteiger partial charge is 0.289 e. The highest BCUT2D eigenvalue weighted by Crippen LogP contribution is 1.77. The average Bonchev–Trinajstić information content (AvgIpc) is 2.40. The Morgan fingerprint density at radius 2 is 2.60 bits per heavy atom. The van der Waals surface area contributed by atoms with Crippen molar-refractivity contribution in [1.82, 2.24) is 20.2 Å². The van der Waals surface area contributed by atoms with Crippen LogP contribution in [0.5, 0.6) is 0 Å². The first-order valence-electron chi connectivity index (χ1n) is 2.58. The van der Waals surface area contributed by atoms with Crippen LogP contribution in [0.15, 0.2) is 12.7 Å². The van der Waals surface area contributed by atoms with E-state index in [1.807, 2.05) is 0 Å². The number of hydrogen-bond donors (Lipinski definition) is 2. The number of nitrogens with zero attached hydrogens (tertiary/aromatic N) is 3. The lowest BCUT2D eigenvalue weighted by Crippen LogP contribution is -2.24. The maximum atomic E-state index is 10.4. The van der Waals surface area contributed by atoms with Crippen molar-refractivity contribution in [2.75, 3.05) is 0 Å². The summed E-state index contributed by atoms with van der Waals surface area (Å²) in [4.78, 5) is 14.0. The summed E-state index contributed by atoms with van der Waals surface area (Å²) in [6.07, 6.45) is 2.69. The molecule has 1 rings (SSSR count). The van der Waals surface area contributed by atoms with Crippen LogP contribution in [0.1, 0.15) is 0 Å². The first kappa shape index (κ1) is 6.69. The van der Waals surface area contributed by atoms with Gasteiger partial charge in [-0.15, -0.1) is 0 Å². The Hall–Kier alpha value is -1.43. The normalized spacial score (nSPS) is 9.30. The molecule has 0 saturated heterocycles. The molecule has 0 aliphatic rings. The van der Waals surface area contributed by atoms with E-state index in [1.165, 1.54) is 22.8 Å². The zero-order chi connectivity index (χ0) is 7.40. The molecule has 54 valence electrons. The topological polar surface area (TPSA) is 80.0 Å². The number of aromatic nitrogens is 3. The fourth-order valence-electron chi connectivity index (χ4n) is 0.497. The van der Waals surface area contributed by atoms with Gasteiger partial charge in [-0.05, 0) is 0 Å². The van der Waals surface area contributed by atoms with Gasteiger partial charge >= 0.3 is 0 Å². The summed E-state index contributed by atoms with van der Waals surface area (Å²) in [5.74, 6) is -0.523. The van der Waals surface area contributed by atoms with E-state index < -0.39 is 5.91 Å². The Morgan fingerprint density at radius 1 is 1.80 bits per heavy atom. The molecule has 2 N–H and O–H groups in total. The number of carbonyl (C=O) groups excluding carboxylic acids is 1. The fourth-order valence-corrected chi connectivity index (χ4v) is 0.497. The molecule has 0 aliphatic carbocycles. The van der Waals surface area contributed by atoms with Gasteiger partial charge in [0.25, 0.3) is 5.91 Å². The third-order valence-corrected chi connectivity index (χ3v) is 0.897. The monoisotopic (exact) mass is 142 g/mol. The number of nitrogens with one attached hydrogen (secondary N) is 1. The summed E-state index contributed by atoms with van der Waals surface area (Å²) in [6, 6.07) is 0. The van der Waals surface area contributed by atoms with Crippen LogP contribution < -0.4 is 5.48 Å². The van der Waals surface area contributed by atoms with Gasteiger partial charge < -0.3 is 0 Å². The van der Waals surface area contributed by atoms with Crippen molar-refractivity contribution in [3.8, 4) is 0 Å². The summed E-state index contributed by atoms with van der Waals surface area (Å²) < 4.78 is 1.30. The highest BCUT2D eigenvalue weighted by Gasteiger charge is 1.98. The Morgan fingerprint density at radius 3 is 3.10 bits per heavy atom. The van der Waals surface area contributed by atoms with Gasteiger partial charge in [0, 0.05) is 0 Å². The third kappa shape index (κ3) is 1.52. The van der Waals surface area contributed by atoms with E-state index in [4.69, 9.17) is 5.21 Å². The molecule has 1 aromatic rings. The molecule has 0 unspecified atom stereocenters. The molecule has 6 nitrogen and oxygen atoms in total. The summed E-state index contributed by atoms with van der Waals surface area (Å²) in [5, 5.41) is 11.7. The zero-order valence-electron chi connectivity index (χ0n) is 5.06. The number of amides is 1. The van der Waals surface area contributed by atoms with Crippen LogP contribution in [0, 0.1) is 0 Å². The molecule has 0 saturated carbocycles. The second-order valence-corrected chi connectivity index (χ2v) is 1.63. The van der Waals surface area contributed by atoms with Crippen LogP contribution in [0.2, 0.25) is 0 Å². The fraction of sp³-hybridized carbons (Fsp3) is 0.250. The molecule has 1 amide bonds. The Bertz CT molecular complexity index is 207. The lowest BCUT2D eigenvalue weighted by atomic mass is 10.6. The van der Waals surface area contributed by atoms with E-state index in [9.17, 15) is 4.79 Å². The van der Waals surface area contributed by atoms with E-state index in [1.54, 1.807) is 0 Å². The lowest BCUT2D eigenvalue weighted by molar-refractivity contribution is -0.130. The van der Waals surface area contributed by atoms with Crippen LogP contribution in [-0.2, 0) is 11.3 Å². The third-order valence-electron chi connectivity index (χ3n) is 0.897. The standard InChI is InChI=1S/C4H6N4O2/c9-4(7-10)1-8-3-5-2-6-8/h2-3,10H,1H2,(H,7,9). The second-order valence-electron chi connectivity index (χ2n) is 1.63. The van der Waals surface area contributed by atoms with Crippen molar-refractivity contribution in [1.29, 1.82) is 0 Å². The van der Waals surface area contributed by atoms with Gasteiger partial charge in [0.1, 0.15) is 19.2 Å². The number of rotatable bonds is 2. The second kappa shape index (κ2) is 2.92. The summed E-state index contributed by atoms with van der Waals surface area (Å²) in [6.45, 7) is -0.0174. The van der Waals surface area contributed by atoms with Crippen LogP contribution in [0.25, 0.3) is 0 Å². The van der Waals surface area contributed by atoms with Crippen molar-refractivity contribution >= 4 is 5.91 Å². The molecule has 1 aromatic heterocycles. The van der Waals surface area contributed by atoms with Gasteiger partial charge in [0.05, 0.1) is 0 Å². The molecule has 0 aliphatic heterocycles. The Labute approximate surface area is 56.4 Å². The molecule has 0 aromatic carbocycles. The minimum absolute atomic E-state index is 0.0174. The van der Waals surface area contributed by atoms with Gasteiger partial charge in [-0.2, -0.15) is 5.10 Å². The Kier molecular flexibility index (Phi) is 1.96. The van der Waals surface area contributed by atoms with Crippen molar-refractivity contribution in [2.24, 2.45) is 0 Å². The van der Waals surface area contributed by atoms with Crippen LogP contribution in [0.4, 0.5) is 0 Å². The molecular formula is C4H6N4O2. The van der Waals surface area contributed by atoms with Crippen molar-refractivity contribution in [3.05, 3.63) is 12.7 Å². The molecule has 0 bridgehead atoms. The van der Waals surface area contributed by atoms with Gasteiger partial charge in [0.2, 0.25) is 0 Å².